The monoisotopic (exact) mass is 518 g/mol. The third-order valence-corrected chi connectivity index (χ3v) is 8.47. The molecule has 1 saturated heterocycles. The van der Waals surface area contributed by atoms with E-state index >= 15 is 0 Å². The summed E-state index contributed by atoms with van der Waals surface area (Å²) in [6, 6.07) is 13.7. The van der Waals surface area contributed by atoms with E-state index in [9.17, 15) is 19.2 Å². The molecule has 4 aliphatic carbocycles. The first-order valence-electron chi connectivity index (χ1n) is 11.6. The molecular formula is C27H23BrN2O4. The number of carbonyl (C=O) groups excluding carboxylic acids is 4. The van der Waals surface area contributed by atoms with Gasteiger partial charge in [-0.25, -0.2) is 0 Å². The summed E-state index contributed by atoms with van der Waals surface area (Å²) in [4.78, 5) is 55.4. The number of ketones is 1. The molecule has 2 aromatic carbocycles. The summed E-state index contributed by atoms with van der Waals surface area (Å²) >= 11 is 3.38. The molecule has 6 nitrogen and oxygen atoms in total. The number of Topliss-reactive ketones (excluding diaryl/α,β-unsaturated/α-hetero) is 1. The smallest absolute Gasteiger partial charge is 0.259 e. The van der Waals surface area contributed by atoms with Crippen LogP contribution < -0.4 is 4.90 Å². The van der Waals surface area contributed by atoms with E-state index in [0.29, 0.717) is 28.7 Å². The number of imide groups is 1. The van der Waals surface area contributed by atoms with Crippen molar-refractivity contribution in [1.82, 2.24) is 4.90 Å². The van der Waals surface area contributed by atoms with E-state index in [1.54, 1.807) is 48.5 Å². The zero-order valence-electron chi connectivity index (χ0n) is 18.6. The lowest BCUT2D eigenvalue weighted by molar-refractivity contribution is -0.140. The van der Waals surface area contributed by atoms with Crippen LogP contribution in [0.25, 0.3) is 0 Å². The van der Waals surface area contributed by atoms with Gasteiger partial charge in [0.2, 0.25) is 11.8 Å². The highest BCUT2D eigenvalue weighted by Gasteiger charge is 2.67. The van der Waals surface area contributed by atoms with Crippen molar-refractivity contribution in [3.8, 4) is 0 Å². The van der Waals surface area contributed by atoms with Crippen LogP contribution >= 0.6 is 15.9 Å². The quantitative estimate of drug-likeness (QED) is 0.335. The fourth-order valence-corrected chi connectivity index (χ4v) is 6.47. The van der Waals surface area contributed by atoms with E-state index in [-0.39, 0.29) is 53.8 Å². The van der Waals surface area contributed by atoms with Crippen molar-refractivity contribution in [3.05, 3.63) is 76.3 Å². The second-order valence-corrected chi connectivity index (χ2v) is 10.7. The molecule has 5 aliphatic rings. The van der Waals surface area contributed by atoms with E-state index in [1.807, 2.05) is 0 Å². The highest BCUT2D eigenvalue weighted by Crippen LogP contribution is 2.65. The van der Waals surface area contributed by atoms with E-state index in [2.05, 4.69) is 28.1 Å². The molecule has 6 atom stereocenters. The van der Waals surface area contributed by atoms with Crippen molar-refractivity contribution in [2.24, 2.45) is 35.5 Å². The van der Waals surface area contributed by atoms with Crippen molar-refractivity contribution in [2.75, 3.05) is 11.6 Å². The van der Waals surface area contributed by atoms with Gasteiger partial charge in [-0.1, -0.05) is 40.2 Å². The fraction of sp³-hybridized carbons (Fsp3) is 0.333. The molecule has 2 saturated carbocycles. The topological polar surface area (TPSA) is 74.8 Å². The van der Waals surface area contributed by atoms with Crippen molar-refractivity contribution in [1.29, 1.82) is 0 Å². The summed E-state index contributed by atoms with van der Waals surface area (Å²) in [5.74, 6) is -0.199. The van der Waals surface area contributed by atoms with Crippen molar-refractivity contribution in [3.63, 3.8) is 0 Å². The molecule has 6 unspecified atom stereocenters. The molecular weight excluding hydrogens is 496 g/mol. The average Bonchev–Trinajstić information content (AvgIpc) is 3.62. The van der Waals surface area contributed by atoms with E-state index < -0.39 is 0 Å². The van der Waals surface area contributed by atoms with Crippen molar-refractivity contribution >= 4 is 45.1 Å². The largest absolute Gasteiger partial charge is 0.295 e. The summed E-state index contributed by atoms with van der Waals surface area (Å²) in [6.45, 7) is 1.29. The number of hydrogen-bond donors (Lipinski definition) is 0. The molecule has 34 heavy (non-hydrogen) atoms. The Morgan fingerprint density at radius 3 is 2.15 bits per heavy atom. The third kappa shape index (κ3) is 3.21. The Labute approximate surface area is 205 Å². The lowest BCUT2D eigenvalue weighted by atomic mass is 9.63. The second kappa shape index (κ2) is 7.73. The molecule has 2 aromatic rings. The molecule has 3 amide bonds. The lowest BCUT2D eigenvalue weighted by Crippen LogP contribution is -2.45. The minimum absolute atomic E-state index is 0.123. The highest BCUT2D eigenvalue weighted by atomic mass is 79.9. The Hall–Kier alpha value is -3.06. The van der Waals surface area contributed by atoms with E-state index in [1.165, 1.54) is 16.7 Å². The number of nitrogens with zero attached hydrogens (tertiary/aromatic N) is 2. The number of benzene rings is 2. The van der Waals surface area contributed by atoms with Gasteiger partial charge in [-0.05, 0) is 73.4 Å². The van der Waals surface area contributed by atoms with Crippen LogP contribution in [0.4, 0.5) is 5.69 Å². The zero-order valence-corrected chi connectivity index (χ0v) is 20.1. The van der Waals surface area contributed by atoms with Gasteiger partial charge in [0, 0.05) is 21.3 Å². The number of hydrogen-bond acceptors (Lipinski definition) is 4. The Kier molecular flexibility index (Phi) is 4.88. The number of anilines is 1. The van der Waals surface area contributed by atoms with Crippen LogP contribution in [0.5, 0.6) is 0 Å². The van der Waals surface area contributed by atoms with Gasteiger partial charge in [-0.15, -0.1) is 0 Å². The molecule has 172 valence electrons. The van der Waals surface area contributed by atoms with Gasteiger partial charge < -0.3 is 0 Å². The molecule has 1 heterocycles. The molecule has 0 spiro atoms. The summed E-state index contributed by atoms with van der Waals surface area (Å²) in [6.07, 6.45) is 5.37. The Morgan fingerprint density at radius 2 is 1.56 bits per heavy atom. The number of allylic oxidation sites excluding steroid dienone is 2. The van der Waals surface area contributed by atoms with Crippen LogP contribution in [0.15, 0.2) is 65.2 Å². The molecule has 3 fully saturated rings. The summed E-state index contributed by atoms with van der Waals surface area (Å²) in [7, 11) is 0. The summed E-state index contributed by atoms with van der Waals surface area (Å²) < 4.78 is 0.838. The Bertz CT molecular complexity index is 1230. The van der Waals surface area contributed by atoms with Gasteiger partial charge in [0.05, 0.1) is 11.8 Å². The maximum Gasteiger partial charge on any atom is 0.259 e. The second-order valence-electron chi connectivity index (χ2n) is 9.75. The maximum atomic E-state index is 13.6. The molecule has 1 aliphatic heterocycles. The SMILES string of the molecule is CC(=O)c1cccc(N(CN2C(=O)C3C4C=CC(C5CC45)C3C2=O)C(=O)c2ccc(Br)cc2)c1. The van der Waals surface area contributed by atoms with Gasteiger partial charge in [0.15, 0.2) is 5.78 Å². The number of likely N-dealkylation sites (tertiary alicyclic amines) is 1. The van der Waals surface area contributed by atoms with Gasteiger partial charge in [-0.3, -0.25) is 29.0 Å². The number of halogens is 1. The predicted octanol–water partition coefficient (Wildman–Crippen LogP) is 4.31. The predicted molar refractivity (Wildman–Crippen MR) is 129 cm³/mol. The number of carbonyl (C=O) groups is 4. The van der Waals surface area contributed by atoms with E-state index in [0.717, 1.165) is 10.9 Å². The minimum atomic E-state index is -0.340. The number of amides is 3. The minimum Gasteiger partial charge on any atom is -0.295 e. The molecule has 7 rings (SSSR count). The fourth-order valence-electron chi connectivity index (χ4n) is 6.20. The van der Waals surface area contributed by atoms with Crippen LogP contribution in [-0.2, 0) is 9.59 Å². The van der Waals surface area contributed by atoms with Crippen LogP contribution in [0, 0.1) is 35.5 Å². The maximum absolute atomic E-state index is 13.6. The molecule has 0 radical (unpaired) electrons. The first kappa shape index (κ1) is 21.5. The average molecular weight is 519 g/mol. The first-order chi connectivity index (χ1) is 16.3. The van der Waals surface area contributed by atoms with Gasteiger partial charge >= 0.3 is 0 Å². The number of rotatable bonds is 5. The standard InChI is InChI=1S/C27H23BrN2O4/c1-14(31)16-3-2-4-18(11-16)29(25(32)15-5-7-17(28)8-6-15)13-30-26(33)23-19-9-10-20(22-12-21(19)22)24(23)27(30)34/h2-11,19-24H,12-13H2,1H3. The molecule has 0 aromatic heterocycles. The van der Waals surface area contributed by atoms with Crippen LogP contribution in [0.2, 0.25) is 0 Å². The van der Waals surface area contributed by atoms with Crippen molar-refractivity contribution in [2.45, 2.75) is 13.3 Å². The van der Waals surface area contributed by atoms with Crippen molar-refractivity contribution < 1.29 is 19.2 Å². The Balaban J connectivity index is 1.36. The third-order valence-electron chi connectivity index (χ3n) is 7.94. The van der Waals surface area contributed by atoms with Crippen LogP contribution in [0.3, 0.4) is 0 Å². The first-order valence-corrected chi connectivity index (χ1v) is 12.4. The summed E-state index contributed by atoms with van der Waals surface area (Å²) in [5.41, 5.74) is 1.36. The molecule has 2 bridgehead atoms. The lowest BCUT2D eigenvalue weighted by Gasteiger charge is -2.37. The normalized spacial score (nSPS) is 30.2. The molecule has 7 heteroatoms. The van der Waals surface area contributed by atoms with Gasteiger partial charge in [-0.2, -0.15) is 0 Å². The zero-order chi connectivity index (χ0) is 23.7. The highest BCUT2D eigenvalue weighted by molar-refractivity contribution is 9.10. The van der Waals surface area contributed by atoms with Crippen LogP contribution in [-0.4, -0.2) is 35.1 Å². The Morgan fingerprint density at radius 1 is 0.941 bits per heavy atom. The summed E-state index contributed by atoms with van der Waals surface area (Å²) in [5, 5.41) is 0. The van der Waals surface area contributed by atoms with E-state index in [4.69, 9.17) is 0 Å². The van der Waals surface area contributed by atoms with Crippen LogP contribution in [0.1, 0.15) is 34.1 Å². The van der Waals surface area contributed by atoms with Gasteiger partial charge in [0.25, 0.3) is 5.91 Å². The molecule has 0 N–H and O–H groups in total. The van der Waals surface area contributed by atoms with Gasteiger partial charge in [0.1, 0.15) is 6.67 Å².